The first-order valence-corrected chi connectivity index (χ1v) is 9.31. The SMILES string of the molecule is COc1ccccc1C=CC(=O)NC(=S)Nc1ccc(S(N)(=O)=O)cc1. The van der Waals surface area contributed by atoms with Crippen LogP contribution in [0.15, 0.2) is 59.5 Å². The molecule has 0 fully saturated rings. The van der Waals surface area contributed by atoms with Crippen LogP contribution in [0.5, 0.6) is 5.75 Å². The van der Waals surface area contributed by atoms with Gasteiger partial charge in [-0.1, -0.05) is 18.2 Å². The molecule has 0 aliphatic rings. The van der Waals surface area contributed by atoms with Crippen molar-refractivity contribution in [3.05, 3.63) is 60.2 Å². The number of para-hydroxylation sites is 1. The molecule has 0 aromatic heterocycles. The number of thiocarbonyl (C=S) groups is 1. The fourth-order valence-corrected chi connectivity index (χ4v) is 2.75. The molecule has 1 amide bonds. The van der Waals surface area contributed by atoms with Gasteiger partial charge in [-0.3, -0.25) is 10.1 Å². The molecule has 0 spiro atoms. The van der Waals surface area contributed by atoms with Gasteiger partial charge >= 0.3 is 0 Å². The van der Waals surface area contributed by atoms with Crippen molar-refractivity contribution >= 4 is 45.0 Å². The standard InChI is InChI=1S/C17H17N3O4S2/c1-24-15-5-3-2-4-12(15)6-11-16(21)20-17(25)19-13-7-9-14(10-8-13)26(18,22)23/h2-11H,1H3,(H2,18,22,23)(H2,19,20,21,25). The van der Waals surface area contributed by atoms with Crippen LogP contribution >= 0.6 is 12.2 Å². The summed E-state index contributed by atoms with van der Waals surface area (Å²) >= 11 is 5.05. The number of benzene rings is 2. The summed E-state index contributed by atoms with van der Waals surface area (Å²) in [6.07, 6.45) is 2.94. The smallest absolute Gasteiger partial charge is 0.250 e. The number of hydrogen-bond acceptors (Lipinski definition) is 5. The number of ether oxygens (including phenoxy) is 1. The number of primary sulfonamides is 1. The molecule has 7 nitrogen and oxygen atoms in total. The van der Waals surface area contributed by atoms with Gasteiger partial charge in [0.1, 0.15) is 5.75 Å². The van der Waals surface area contributed by atoms with E-state index in [1.165, 1.54) is 30.3 Å². The van der Waals surface area contributed by atoms with E-state index in [2.05, 4.69) is 10.6 Å². The summed E-state index contributed by atoms with van der Waals surface area (Å²) in [5.41, 5.74) is 1.26. The molecule has 0 bridgehead atoms. The Balaban J connectivity index is 1.95. The number of rotatable bonds is 5. The van der Waals surface area contributed by atoms with Gasteiger partial charge in [-0.25, -0.2) is 13.6 Å². The van der Waals surface area contributed by atoms with E-state index in [0.717, 1.165) is 5.56 Å². The highest BCUT2D eigenvalue weighted by atomic mass is 32.2. The van der Waals surface area contributed by atoms with Gasteiger partial charge in [0.15, 0.2) is 5.11 Å². The maximum Gasteiger partial charge on any atom is 0.250 e. The van der Waals surface area contributed by atoms with Crippen molar-refractivity contribution in [3.63, 3.8) is 0 Å². The van der Waals surface area contributed by atoms with Crippen LogP contribution in [-0.4, -0.2) is 26.5 Å². The Morgan fingerprint density at radius 1 is 1.15 bits per heavy atom. The second kappa shape index (κ2) is 8.56. The molecule has 26 heavy (non-hydrogen) atoms. The molecule has 0 aliphatic carbocycles. The number of carbonyl (C=O) groups is 1. The number of hydrogen-bond donors (Lipinski definition) is 3. The maximum atomic E-state index is 11.9. The number of sulfonamides is 1. The molecule has 2 aromatic carbocycles. The first-order valence-electron chi connectivity index (χ1n) is 7.35. The molecule has 0 heterocycles. The van der Waals surface area contributed by atoms with Crippen LogP contribution in [-0.2, 0) is 14.8 Å². The molecule has 0 atom stereocenters. The zero-order valence-corrected chi connectivity index (χ0v) is 15.4. The number of nitrogens with one attached hydrogen (secondary N) is 2. The Labute approximate surface area is 156 Å². The van der Waals surface area contributed by atoms with Gasteiger partial charge in [0.25, 0.3) is 0 Å². The highest BCUT2D eigenvalue weighted by molar-refractivity contribution is 7.89. The molecule has 4 N–H and O–H groups in total. The minimum absolute atomic E-state index is 0.0160. The lowest BCUT2D eigenvalue weighted by atomic mass is 10.2. The van der Waals surface area contributed by atoms with Crippen molar-refractivity contribution in [2.24, 2.45) is 5.14 Å². The average Bonchev–Trinajstić information content (AvgIpc) is 2.59. The topological polar surface area (TPSA) is 111 Å². The van der Waals surface area contributed by atoms with E-state index in [1.807, 2.05) is 18.2 Å². The van der Waals surface area contributed by atoms with Crippen LogP contribution in [0.1, 0.15) is 5.56 Å². The maximum absolute atomic E-state index is 11.9. The predicted octanol–water partition coefficient (Wildman–Crippen LogP) is 1.87. The average molecular weight is 391 g/mol. The van der Waals surface area contributed by atoms with E-state index in [1.54, 1.807) is 19.3 Å². The molecule has 136 valence electrons. The normalized spacial score (nSPS) is 11.2. The van der Waals surface area contributed by atoms with E-state index >= 15 is 0 Å². The van der Waals surface area contributed by atoms with Crippen LogP contribution in [0.4, 0.5) is 5.69 Å². The van der Waals surface area contributed by atoms with Crippen molar-refractivity contribution in [3.8, 4) is 5.75 Å². The molecule has 2 aromatic rings. The molecule has 0 saturated carbocycles. The van der Waals surface area contributed by atoms with Gasteiger partial charge < -0.3 is 10.1 Å². The lowest BCUT2D eigenvalue weighted by molar-refractivity contribution is -0.115. The second-order valence-electron chi connectivity index (χ2n) is 5.09. The summed E-state index contributed by atoms with van der Waals surface area (Å²) in [5, 5.41) is 10.4. The van der Waals surface area contributed by atoms with Gasteiger partial charge in [0.05, 0.1) is 12.0 Å². The Kier molecular flexibility index (Phi) is 6.45. The lowest BCUT2D eigenvalue weighted by Gasteiger charge is -2.08. The molecule has 0 aliphatic heterocycles. The summed E-state index contributed by atoms with van der Waals surface area (Å²) in [6.45, 7) is 0. The first kappa shape index (κ1) is 19.6. The highest BCUT2D eigenvalue weighted by Crippen LogP contribution is 2.18. The van der Waals surface area contributed by atoms with Gasteiger partial charge in [-0.05, 0) is 48.6 Å². The number of nitrogens with two attached hydrogens (primary N) is 1. The number of anilines is 1. The quantitative estimate of drug-likeness (QED) is 0.530. The van der Waals surface area contributed by atoms with Crippen LogP contribution in [0.3, 0.4) is 0 Å². The summed E-state index contributed by atoms with van der Waals surface area (Å²) in [6, 6.07) is 12.9. The molecular weight excluding hydrogens is 374 g/mol. The monoisotopic (exact) mass is 391 g/mol. The van der Waals surface area contributed by atoms with Crippen molar-refractivity contribution in [1.29, 1.82) is 0 Å². The first-order chi connectivity index (χ1) is 12.3. The van der Waals surface area contributed by atoms with E-state index in [4.69, 9.17) is 22.1 Å². The number of carbonyl (C=O) groups excluding carboxylic acids is 1. The lowest BCUT2D eigenvalue weighted by Crippen LogP contribution is -2.32. The summed E-state index contributed by atoms with van der Waals surface area (Å²) in [4.78, 5) is 11.9. The molecule has 0 unspecified atom stereocenters. The van der Waals surface area contributed by atoms with E-state index in [-0.39, 0.29) is 10.0 Å². The van der Waals surface area contributed by atoms with Gasteiger partial charge in [-0.15, -0.1) is 0 Å². The fourth-order valence-electron chi connectivity index (χ4n) is 2.01. The second-order valence-corrected chi connectivity index (χ2v) is 7.06. The summed E-state index contributed by atoms with van der Waals surface area (Å²) in [7, 11) is -2.21. The van der Waals surface area contributed by atoms with Crippen molar-refractivity contribution < 1.29 is 17.9 Å². The third kappa shape index (κ3) is 5.66. The minimum atomic E-state index is -3.76. The third-order valence-electron chi connectivity index (χ3n) is 3.23. The Hall–Kier alpha value is -2.75. The highest BCUT2D eigenvalue weighted by Gasteiger charge is 2.08. The van der Waals surface area contributed by atoms with Crippen molar-refractivity contribution in [1.82, 2.24) is 5.32 Å². The van der Waals surface area contributed by atoms with Crippen molar-refractivity contribution in [2.75, 3.05) is 12.4 Å². The van der Waals surface area contributed by atoms with Gasteiger partial charge in [0, 0.05) is 17.3 Å². The molecule has 0 radical (unpaired) electrons. The van der Waals surface area contributed by atoms with Crippen LogP contribution < -0.4 is 20.5 Å². The Bertz CT molecular complexity index is 939. The fraction of sp³-hybridized carbons (Fsp3) is 0.0588. The Morgan fingerprint density at radius 3 is 2.42 bits per heavy atom. The van der Waals surface area contributed by atoms with Crippen LogP contribution in [0.25, 0.3) is 6.08 Å². The van der Waals surface area contributed by atoms with E-state index in [0.29, 0.717) is 11.4 Å². The Morgan fingerprint density at radius 2 is 1.81 bits per heavy atom. The molecule has 9 heteroatoms. The van der Waals surface area contributed by atoms with Crippen molar-refractivity contribution in [2.45, 2.75) is 4.90 Å². The summed E-state index contributed by atoms with van der Waals surface area (Å²) < 4.78 is 27.6. The molecular formula is C17H17N3O4S2. The predicted molar refractivity (Wildman–Crippen MR) is 104 cm³/mol. The van der Waals surface area contributed by atoms with Gasteiger partial charge in [-0.2, -0.15) is 0 Å². The zero-order valence-electron chi connectivity index (χ0n) is 13.8. The summed E-state index contributed by atoms with van der Waals surface area (Å²) in [5.74, 6) is 0.224. The minimum Gasteiger partial charge on any atom is -0.496 e. The van der Waals surface area contributed by atoms with E-state index < -0.39 is 15.9 Å². The number of amides is 1. The molecule has 0 saturated heterocycles. The van der Waals surface area contributed by atoms with Crippen LogP contribution in [0, 0.1) is 0 Å². The van der Waals surface area contributed by atoms with Crippen LogP contribution in [0.2, 0.25) is 0 Å². The molecule has 2 rings (SSSR count). The zero-order chi connectivity index (χ0) is 19.2. The number of methoxy groups -OCH3 is 1. The largest absolute Gasteiger partial charge is 0.496 e. The van der Waals surface area contributed by atoms with Gasteiger partial charge in [0.2, 0.25) is 15.9 Å². The van der Waals surface area contributed by atoms with E-state index in [9.17, 15) is 13.2 Å². The third-order valence-corrected chi connectivity index (χ3v) is 4.36.